The van der Waals surface area contributed by atoms with E-state index in [9.17, 15) is 18.0 Å². The van der Waals surface area contributed by atoms with E-state index in [4.69, 9.17) is 0 Å². The van der Waals surface area contributed by atoms with Crippen LogP contribution in [0.5, 0.6) is 0 Å². The van der Waals surface area contributed by atoms with Crippen LogP contribution in [0.3, 0.4) is 0 Å². The molecule has 0 aromatic rings. The van der Waals surface area contributed by atoms with E-state index < -0.39 is 23.5 Å². The molecule has 5 heteroatoms. The lowest BCUT2D eigenvalue weighted by Gasteiger charge is -2.35. The lowest BCUT2D eigenvalue weighted by molar-refractivity contribution is -0.191. The van der Waals surface area contributed by atoms with E-state index >= 15 is 0 Å². The molecule has 1 saturated carbocycles. The van der Waals surface area contributed by atoms with Gasteiger partial charge in [-0.2, -0.15) is 13.2 Å². The van der Waals surface area contributed by atoms with Crippen molar-refractivity contribution in [3.05, 3.63) is 0 Å². The van der Waals surface area contributed by atoms with Crippen LogP contribution < -0.4 is 0 Å². The SMILES string of the molecule is COC(=O)C1(C)CCC(C(F)(F)F)CC1. The van der Waals surface area contributed by atoms with Crippen LogP contribution in [-0.2, 0) is 9.53 Å². The van der Waals surface area contributed by atoms with Gasteiger partial charge in [-0.1, -0.05) is 0 Å². The van der Waals surface area contributed by atoms with Crippen LogP contribution in [-0.4, -0.2) is 19.3 Å². The van der Waals surface area contributed by atoms with Crippen LogP contribution >= 0.6 is 0 Å². The van der Waals surface area contributed by atoms with Crippen molar-refractivity contribution in [3.8, 4) is 0 Å². The Hall–Kier alpha value is -0.740. The molecule has 0 unspecified atom stereocenters. The maximum atomic E-state index is 12.4. The molecule has 2 nitrogen and oxygen atoms in total. The summed E-state index contributed by atoms with van der Waals surface area (Å²) < 4.78 is 41.7. The molecule has 0 heterocycles. The van der Waals surface area contributed by atoms with Crippen LogP contribution in [0.15, 0.2) is 0 Å². The van der Waals surface area contributed by atoms with Crippen molar-refractivity contribution < 1.29 is 22.7 Å². The van der Waals surface area contributed by atoms with Crippen LogP contribution in [0.4, 0.5) is 13.2 Å². The van der Waals surface area contributed by atoms with E-state index in [1.165, 1.54) is 7.11 Å². The number of halogens is 3. The van der Waals surface area contributed by atoms with Gasteiger partial charge in [0, 0.05) is 0 Å². The number of carbonyl (C=O) groups is 1. The van der Waals surface area contributed by atoms with Gasteiger partial charge in [-0.15, -0.1) is 0 Å². The first-order chi connectivity index (χ1) is 6.79. The van der Waals surface area contributed by atoms with E-state index in [2.05, 4.69) is 4.74 Å². The van der Waals surface area contributed by atoms with E-state index in [-0.39, 0.29) is 25.7 Å². The quantitative estimate of drug-likeness (QED) is 0.640. The van der Waals surface area contributed by atoms with Crippen LogP contribution in [0, 0.1) is 11.3 Å². The average Bonchev–Trinajstić information content (AvgIpc) is 2.15. The summed E-state index contributed by atoms with van der Waals surface area (Å²) >= 11 is 0. The second kappa shape index (κ2) is 4.02. The van der Waals surface area contributed by atoms with Gasteiger partial charge in [0.1, 0.15) is 0 Å². The summed E-state index contributed by atoms with van der Waals surface area (Å²) in [5, 5.41) is 0. The Morgan fingerprint density at radius 1 is 1.33 bits per heavy atom. The van der Waals surface area contributed by atoms with Crippen LogP contribution in [0.1, 0.15) is 32.6 Å². The summed E-state index contributed by atoms with van der Waals surface area (Å²) in [6, 6.07) is 0. The lowest BCUT2D eigenvalue weighted by atomic mass is 9.71. The maximum Gasteiger partial charge on any atom is 0.391 e. The Balaban J connectivity index is 2.59. The standard InChI is InChI=1S/C10H15F3O2/c1-9(8(14)15-2)5-3-7(4-6-9)10(11,12)13/h7H,3-6H2,1-2H3. The molecule has 0 amide bonds. The number of methoxy groups -OCH3 is 1. The van der Waals surface area contributed by atoms with Gasteiger partial charge < -0.3 is 4.74 Å². The zero-order chi connectivity index (χ0) is 11.7. The molecule has 0 radical (unpaired) electrons. The predicted octanol–water partition coefficient (Wildman–Crippen LogP) is 2.92. The number of esters is 1. The minimum atomic E-state index is -4.13. The number of ether oxygens (including phenoxy) is 1. The van der Waals surface area contributed by atoms with Crippen molar-refractivity contribution in [1.29, 1.82) is 0 Å². The third-order valence-electron chi connectivity index (χ3n) is 3.23. The number of alkyl halides is 3. The summed E-state index contributed by atoms with van der Waals surface area (Å²) in [7, 11) is 1.27. The predicted molar refractivity (Wildman–Crippen MR) is 48.1 cm³/mol. The first-order valence-corrected chi connectivity index (χ1v) is 4.95. The summed E-state index contributed by atoms with van der Waals surface area (Å²) in [5.41, 5.74) is -0.726. The van der Waals surface area contributed by atoms with Gasteiger partial charge in [0.2, 0.25) is 0 Å². The molecule has 0 aromatic carbocycles. The van der Waals surface area contributed by atoms with Gasteiger partial charge in [0.25, 0.3) is 0 Å². The molecule has 0 aliphatic heterocycles. The highest BCUT2D eigenvalue weighted by molar-refractivity contribution is 5.76. The molecule has 1 aliphatic rings. The molecule has 1 rings (SSSR count). The van der Waals surface area contributed by atoms with E-state index in [1.807, 2.05) is 0 Å². The Kier molecular flexibility index (Phi) is 3.31. The molecule has 0 bridgehead atoms. The van der Waals surface area contributed by atoms with Crippen molar-refractivity contribution in [2.75, 3.05) is 7.11 Å². The topological polar surface area (TPSA) is 26.3 Å². The number of carbonyl (C=O) groups excluding carboxylic acids is 1. The van der Waals surface area contributed by atoms with Gasteiger partial charge in [-0.3, -0.25) is 4.79 Å². The fourth-order valence-corrected chi connectivity index (χ4v) is 2.03. The van der Waals surface area contributed by atoms with Crippen molar-refractivity contribution in [3.63, 3.8) is 0 Å². The highest BCUT2D eigenvalue weighted by atomic mass is 19.4. The summed E-state index contributed by atoms with van der Waals surface area (Å²) in [4.78, 5) is 11.3. The van der Waals surface area contributed by atoms with Crippen LogP contribution in [0.25, 0.3) is 0 Å². The molecule has 0 aromatic heterocycles. The highest BCUT2D eigenvalue weighted by Gasteiger charge is 2.47. The second-order valence-electron chi connectivity index (χ2n) is 4.37. The molecular weight excluding hydrogens is 209 g/mol. The Morgan fingerprint density at radius 2 is 1.80 bits per heavy atom. The minimum Gasteiger partial charge on any atom is -0.469 e. The van der Waals surface area contributed by atoms with Gasteiger partial charge >= 0.3 is 12.1 Å². The maximum absolute atomic E-state index is 12.4. The fraction of sp³-hybridized carbons (Fsp3) is 0.900. The van der Waals surface area contributed by atoms with E-state index in [0.29, 0.717) is 0 Å². The van der Waals surface area contributed by atoms with Crippen molar-refractivity contribution in [2.45, 2.75) is 38.8 Å². The zero-order valence-corrected chi connectivity index (χ0v) is 8.86. The number of hydrogen-bond acceptors (Lipinski definition) is 2. The Labute approximate surface area is 86.8 Å². The van der Waals surface area contributed by atoms with E-state index in [1.54, 1.807) is 6.92 Å². The van der Waals surface area contributed by atoms with Crippen molar-refractivity contribution in [1.82, 2.24) is 0 Å². The Bertz CT molecular complexity index is 240. The number of hydrogen-bond donors (Lipinski definition) is 0. The van der Waals surface area contributed by atoms with Crippen LogP contribution in [0.2, 0.25) is 0 Å². The van der Waals surface area contributed by atoms with Crippen molar-refractivity contribution in [2.24, 2.45) is 11.3 Å². The van der Waals surface area contributed by atoms with Crippen molar-refractivity contribution >= 4 is 5.97 Å². The van der Waals surface area contributed by atoms with Gasteiger partial charge in [0.15, 0.2) is 0 Å². The fourth-order valence-electron chi connectivity index (χ4n) is 2.03. The van der Waals surface area contributed by atoms with Gasteiger partial charge in [-0.05, 0) is 32.6 Å². The highest BCUT2D eigenvalue weighted by Crippen LogP contribution is 2.45. The lowest BCUT2D eigenvalue weighted by Crippen LogP contribution is -2.37. The molecule has 0 saturated heterocycles. The third-order valence-corrected chi connectivity index (χ3v) is 3.23. The average molecular weight is 224 g/mol. The molecule has 0 spiro atoms. The zero-order valence-electron chi connectivity index (χ0n) is 8.86. The monoisotopic (exact) mass is 224 g/mol. The molecule has 15 heavy (non-hydrogen) atoms. The Morgan fingerprint density at radius 3 is 2.13 bits per heavy atom. The van der Waals surface area contributed by atoms with Gasteiger partial charge in [0.05, 0.1) is 18.4 Å². The smallest absolute Gasteiger partial charge is 0.391 e. The summed E-state index contributed by atoms with van der Waals surface area (Å²) in [6.45, 7) is 1.67. The summed E-state index contributed by atoms with van der Waals surface area (Å²) in [5.74, 6) is -1.65. The molecule has 1 aliphatic carbocycles. The normalized spacial score (nSPS) is 32.5. The first kappa shape index (κ1) is 12.3. The number of rotatable bonds is 1. The molecule has 88 valence electrons. The summed E-state index contributed by atoms with van der Waals surface area (Å²) in [6.07, 6.45) is -3.57. The van der Waals surface area contributed by atoms with E-state index in [0.717, 1.165) is 0 Å². The molecule has 0 N–H and O–H groups in total. The molecule has 0 atom stereocenters. The third kappa shape index (κ3) is 2.63. The molecule has 1 fully saturated rings. The minimum absolute atomic E-state index is 0.0229. The largest absolute Gasteiger partial charge is 0.469 e. The first-order valence-electron chi connectivity index (χ1n) is 4.95. The van der Waals surface area contributed by atoms with Gasteiger partial charge in [-0.25, -0.2) is 0 Å². The second-order valence-corrected chi connectivity index (χ2v) is 4.37. The molecular formula is C10H15F3O2.